The lowest BCUT2D eigenvalue weighted by atomic mass is 9.90. The van der Waals surface area contributed by atoms with Crippen LogP contribution in [0.15, 0.2) is 4.52 Å². The zero-order valence-corrected chi connectivity index (χ0v) is 14.0. The number of carbonyl (C=O) groups is 1. The van der Waals surface area contributed by atoms with Crippen molar-refractivity contribution in [2.45, 2.75) is 64.6 Å². The fourth-order valence-electron chi connectivity index (χ4n) is 3.30. The van der Waals surface area contributed by atoms with Crippen LogP contribution in [0.25, 0.3) is 0 Å². The third-order valence-corrected chi connectivity index (χ3v) is 5.05. The van der Waals surface area contributed by atoms with Gasteiger partial charge in [-0.1, -0.05) is 12.1 Å². The molecule has 0 spiro atoms. The van der Waals surface area contributed by atoms with E-state index in [4.69, 9.17) is 4.52 Å². The molecule has 0 bridgehead atoms. The Bertz CT molecular complexity index is 545. The molecule has 2 N–H and O–H groups in total. The summed E-state index contributed by atoms with van der Waals surface area (Å²) in [5.41, 5.74) is 2.23. The monoisotopic (exact) mass is 321 g/mol. The molecule has 3 rings (SSSR count). The molecule has 1 saturated heterocycles. The fourth-order valence-corrected chi connectivity index (χ4v) is 3.30. The number of aromatic nitrogens is 1. The predicted molar refractivity (Wildman–Crippen MR) is 85.8 cm³/mol. The van der Waals surface area contributed by atoms with E-state index in [9.17, 15) is 9.90 Å². The Morgan fingerprint density at radius 3 is 2.70 bits per heavy atom. The summed E-state index contributed by atoms with van der Waals surface area (Å²) < 4.78 is 5.29. The molecular weight excluding hydrogens is 294 g/mol. The van der Waals surface area contributed by atoms with Gasteiger partial charge in [-0.05, 0) is 58.0 Å². The first-order chi connectivity index (χ1) is 11.1. The number of carbonyl (C=O) groups excluding carboxylic acids is 1. The molecule has 1 aliphatic heterocycles. The summed E-state index contributed by atoms with van der Waals surface area (Å²) in [5, 5.41) is 17.2. The first-order valence-electron chi connectivity index (χ1n) is 8.73. The normalized spacial score (nSPS) is 21.3. The lowest BCUT2D eigenvalue weighted by Gasteiger charge is -2.33. The molecule has 1 atom stereocenters. The molecular formula is C17H27N3O3. The summed E-state index contributed by atoms with van der Waals surface area (Å²) in [5.74, 6) is 0.779. The van der Waals surface area contributed by atoms with Crippen molar-refractivity contribution in [3.8, 4) is 0 Å². The van der Waals surface area contributed by atoms with Crippen LogP contribution in [0.2, 0.25) is 0 Å². The first kappa shape index (κ1) is 16.5. The van der Waals surface area contributed by atoms with Crippen LogP contribution in [0.5, 0.6) is 0 Å². The number of nitrogens with one attached hydrogen (secondary N) is 1. The van der Waals surface area contributed by atoms with Crippen molar-refractivity contribution in [3.63, 3.8) is 0 Å². The third kappa shape index (κ3) is 3.93. The number of aliphatic hydroxyl groups excluding tert-OH is 1. The van der Waals surface area contributed by atoms with Crippen molar-refractivity contribution < 1.29 is 14.4 Å². The lowest BCUT2D eigenvalue weighted by Crippen LogP contribution is -2.45. The molecule has 1 aromatic rings. The van der Waals surface area contributed by atoms with Crippen LogP contribution in [0, 0.1) is 12.8 Å². The maximum atomic E-state index is 12.0. The summed E-state index contributed by atoms with van der Waals surface area (Å²) in [6, 6.07) is 0.307. The van der Waals surface area contributed by atoms with Crippen molar-refractivity contribution in [2.75, 3.05) is 13.1 Å². The van der Waals surface area contributed by atoms with Crippen LogP contribution < -0.4 is 5.32 Å². The van der Waals surface area contributed by atoms with E-state index in [0.717, 1.165) is 63.2 Å². The molecule has 2 heterocycles. The van der Waals surface area contributed by atoms with Gasteiger partial charge < -0.3 is 14.9 Å². The van der Waals surface area contributed by atoms with E-state index in [1.165, 1.54) is 5.56 Å². The Kier molecular flexibility index (Phi) is 5.02. The fraction of sp³-hybridized carbons (Fsp3) is 0.765. The van der Waals surface area contributed by atoms with Gasteiger partial charge in [-0.15, -0.1) is 0 Å². The highest BCUT2D eigenvalue weighted by Gasteiger charge is 2.33. The van der Waals surface area contributed by atoms with E-state index in [2.05, 4.69) is 22.3 Å². The molecule has 2 fully saturated rings. The molecule has 23 heavy (non-hydrogen) atoms. The number of aliphatic hydroxyl groups is 1. The number of nitrogens with zero attached hydrogens (tertiary/aromatic N) is 2. The van der Waals surface area contributed by atoms with Gasteiger partial charge in [-0.2, -0.15) is 0 Å². The van der Waals surface area contributed by atoms with E-state index < -0.39 is 6.10 Å². The van der Waals surface area contributed by atoms with Crippen molar-refractivity contribution in [1.82, 2.24) is 15.4 Å². The smallest absolute Gasteiger partial charge is 0.249 e. The molecule has 128 valence electrons. The van der Waals surface area contributed by atoms with Gasteiger partial charge in [0.1, 0.15) is 11.9 Å². The molecule has 6 heteroatoms. The molecule has 1 saturated carbocycles. The van der Waals surface area contributed by atoms with Gasteiger partial charge >= 0.3 is 0 Å². The maximum Gasteiger partial charge on any atom is 0.249 e. The van der Waals surface area contributed by atoms with E-state index in [1.807, 2.05) is 6.92 Å². The molecule has 0 aromatic carbocycles. The number of likely N-dealkylation sites (tertiary alicyclic amines) is 1. The van der Waals surface area contributed by atoms with Crippen LogP contribution in [0.1, 0.15) is 49.6 Å². The van der Waals surface area contributed by atoms with E-state index >= 15 is 0 Å². The summed E-state index contributed by atoms with van der Waals surface area (Å²) in [4.78, 5) is 14.3. The average Bonchev–Trinajstić information content (AvgIpc) is 3.31. The molecule has 1 amide bonds. The lowest BCUT2D eigenvalue weighted by molar-refractivity contribution is -0.133. The van der Waals surface area contributed by atoms with E-state index in [1.54, 1.807) is 0 Å². The Morgan fingerprint density at radius 1 is 1.39 bits per heavy atom. The van der Waals surface area contributed by atoms with Gasteiger partial charge in [0.05, 0.1) is 5.69 Å². The number of aryl methyl sites for hydroxylation is 2. The van der Waals surface area contributed by atoms with Gasteiger partial charge in [0.2, 0.25) is 5.91 Å². The summed E-state index contributed by atoms with van der Waals surface area (Å²) in [7, 11) is 0. The third-order valence-electron chi connectivity index (χ3n) is 5.05. The minimum absolute atomic E-state index is 0.0687. The Hall–Kier alpha value is -1.40. The van der Waals surface area contributed by atoms with Gasteiger partial charge in [-0.3, -0.25) is 9.69 Å². The Labute approximate surface area is 137 Å². The van der Waals surface area contributed by atoms with Crippen molar-refractivity contribution in [2.24, 2.45) is 5.92 Å². The summed E-state index contributed by atoms with van der Waals surface area (Å²) >= 11 is 0. The molecule has 1 unspecified atom stereocenters. The van der Waals surface area contributed by atoms with Crippen LogP contribution >= 0.6 is 0 Å². The Morgan fingerprint density at radius 2 is 2.09 bits per heavy atom. The topological polar surface area (TPSA) is 78.6 Å². The van der Waals surface area contributed by atoms with Gasteiger partial charge in [0.15, 0.2) is 0 Å². The maximum absolute atomic E-state index is 12.0. The summed E-state index contributed by atoms with van der Waals surface area (Å²) in [6.45, 7) is 6.68. The SMILES string of the molecule is CCc1noc(C)c1CN1CCC(C(O)C(=O)NC2CC2)CC1. The van der Waals surface area contributed by atoms with Crippen molar-refractivity contribution >= 4 is 5.91 Å². The largest absolute Gasteiger partial charge is 0.383 e. The second-order valence-electron chi connectivity index (χ2n) is 6.86. The second kappa shape index (κ2) is 7.01. The first-order valence-corrected chi connectivity index (χ1v) is 8.73. The number of amides is 1. The molecule has 2 aliphatic rings. The minimum Gasteiger partial charge on any atom is -0.383 e. The Balaban J connectivity index is 1.49. The quantitative estimate of drug-likeness (QED) is 0.828. The highest BCUT2D eigenvalue weighted by Crippen LogP contribution is 2.25. The number of hydrogen-bond donors (Lipinski definition) is 2. The van der Waals surface area contributed by atoms with Crippen LogP contribution in [-0.2, 0) is 17.8 Å². The molecule has 1 aromatic heterocycles. The number of hydrogen-bond acceptors (Lipinski definition) is 5. The molecule has 1 aliphatic carbocycles. The van der Waals surface area contributed by atoms with Crippen LogP contribution in [0.4, 0.5) is 0 Å². The highest BCUT2D eigenvalue weighted by atomic mass is 16.5. The van der Waals surface area contributed by atoms with E-state index in [-0.39, 0.29) is 11.8 Å². The minimum atomic E-state index is -0.860. The zero-order valence-electron chi connectivity index (χ0n) is 14.0. The van der Waals surface area contributed by atoms with Crippen molar-refractivity contribution in [3.05, 3.63) is 17.0 Å². The van der Waals surface area contributed by atoms with Gasteiger partial charge in [0.25, 0.3) is 0 Å². The number of rotatable bonds is 6. The van der Waals surface area contributed by atoms with Crippen LogP contribution in [-0.4, -0.2) is 46.3 Å². The van der Waals surface area contributed by atoms with Gasteiger partial charge in [0, 0.05) is 18.2 Å². The van der Waals surface area contributed by atoms with E-state index in [0.29, 0.717) is 6.04 Å². The van der Waals surface area contributed by atoms with Crippen LogP contribution in [0.3, 0.4) is 0 Å². The standard InChI is InChI=1S/C17H27N3O3/c1-3-15-14(11(2)23-19-15)10-20-8-6-12(7-9-20)16(21)17(22)18-13-4-5-13/h12-13,16,21H,3-10H2,1-2H3,(H,18,22). The predicted octanol–water partition coefficient (Wildman–Crippen LogP) is 1.40. The second-order valence-corrected chi connectivity index (χ2v) is 6.86. The zero-order chi connectivity index (χ0) is 16.4. The van der Waals surface area contributed by atoms with Gasteiger partial charge in [-0.25, -0.2) is 0 Å². The average molecular weight is 321 g/mol. The molecule has 0 radical (unpaired) electrons. The summed E-state index contributed by atoms with van der Waals surface area (Å²) in [6.07, 6.45) is 3.82. The molecule has 6 nitrogen and oxygen atoms in total. The number of piperidine rings is 1. The highest BCUT2D eigenvalue weighted by molar-refractivity contribution is 5.81. The van der Waals surface area contributed by atoms with Crippen molar-refractivity contribution in [1.29, 1.82) is 0 Å².